The van der Waals surface area contributed by atoms with E-state index in [-0.39, 0.29) is 0 Å². The quantitative estimate of drug-likeness (QED) is 0.269. The Balaban J connectivity index is 3.14. The van der Waals surface area contributed by atoms with Gasteiger partial charge in [-0.3, -0.25) is 0 Å². The van der Waals surface area contributed by atoms with Crippen molar-refractivity contribution in [3.8, 4) is 0 Å². The number of hydroxylamine groups is 1. The zero-order chi connectivity index (χ0) is 4.99. The van der Waals surface area contributed by atoms with E-state index < -0.39 is 6.73 Å². The van der Waals surface area contributed by atoms with E-state index in [1.807, 2.05) is 0 Å². The standard InChI is InChI=1S/C2H6N2O2/c1-4(6)3-2-5/h5H,2H2,1H3. The van der Waals surface area contributed by atoms with Crippen molar-refractivity contribution in [1.82, 2.24) is 0 Å². The van der Waals surface area contributed by atoms with Crippen molar-refractivity contribution in [1.29, 1.82) is 0 Å². The summed E-state index contributed by atoms with van der Waals surface area (Å²) in [5.74, 6) is 0. The van der Waals surface area contributed by atoms with Gasteiger partial charge in [0.05, 0.1) is 0 Å². The molecule has 0 atom stereocenters. The molecule has 36 valence electrons. The van der Waals surface area contributed by atoms with Crippen LogP contribution in [0.4, 0.5) is 0 Å². The van der Waals surface area contributed by atoms with Gasteiger partial charge in [-0.2, -0.15) is 0 Å². The Morgan fingerprint density at radius 1 is 2.00 bits per heavy atom. The van der Waals surface area contributed by atoms with E-state index in [0.29, 0.717) is 4.86 Å². The van der Waals surface area contributed by atoms with Gasteiger partial charge in [0.25, 0.3) is 0 Å². The van der Waals surface area contributed by atoms with Gasteiger partial charge < -0.3 is 10.3 Å². The van der Waals surface area contributed by atoms with Crippen molar-refractivity contribution in [3.05, 3.63) is 5.21 Å². The first-order chi connectivity index (χ1) is 2.77. The lowest BCUT2D eigenvalue weighted by Gasteiger charge is -1.85. The third-order valence-corrected chi connectivity index (χ3v) is 0.262. The van der Waals surface area contributed by atoms with Crippen LogP contribution >= 0.6 is 0 Å². The average molecular weight is 90.1 g/mol. The van der Waals surface area contributed by atoms with Crippen LogP contribution in [0.3, 0.4) is 0 Å². The zero-order valence-electron chi connectivity index (χ0n) is 3.46. The third-order valence-electron chi connectivity index (χ3n) is 0.262. The fraction of sp³-hybridized carbons (Fsp3) is 1.00. The van der Waals surface area contributed by atoms with E-state index in [9.17, 15) is 5.21 Å². The maximum Gasteiger partial charge on any atom is 0.198 e. The highest BCUT2D eigenvalue weighted by Crippen LogP contribution is 1.61. The lowest BCUT2D eigenvalue weighted by atomic mass is 11.3. The van der Waals surface area contributed by atoms with E-state index in [1.54, 1.807) is 0 Å². The van der Waals surface area contributed by atoms with Crippen LogP contribution < -0.4 is 0 Å². The first-order valence-corrected chi connectivity index (χ1v) is 1.46. The number of nitrogens with zero attached hydrogens (tertiary/aromatic N) is 2. The van der Waals surface area contributed by atoms with Crippen LogP contribution in [0.15, 0.2) is 5.11 Å². The molecule has 0 aromatic heterocycles. The van der Waals surface area contributed by atoms with Crippen LogP contribution in [0.2, 0.25) is 0 Å². The molecule has 0 spiro atoms. The van der Waals surface area contributed by atoms with Gasteiger partial charge in [-0.15, -0.1) is 0 Å². The molecule has 0 unspecified atom stereocenters. The van der Waals surface area contributed by atoms with E-state index in [1.165, 1.54) is 7.05 Å². The van der Waals surface area contributed by atoms with E-state index in [2.05, 4.69) is 5.11 Å². The van der Waals surface area contributed by atoms with Crippen molar-refractivity contribution in [2.75, 3.05) is 13.8 Å². The molecule has 0 bridgehead atoms. The maximum atomic E-state index is 9.63. The van der Waals surface area contributed by atoms with E-state index in [4.69, 9.17) is 5.11 Å². The first-order valence-electron chi connectivity index (χ1n) is 1.46. The molecule has 0 rings (SSSR count). The summed E-state index contributed by atoms with van der Waals surface area (Å²) < 4.78 is 0. The molecule has 0 fully saturated rings. The van der Waals surface area contributed by atoms with Crippen LogP contribution in [0.1, 0.15) is 0 Å². The van der Waals surface area contributed by atoms with Gasteiger partial charge in [-0.1, -0.05) is 4.86 Å². The van der Waals surface area contributed by atoms with Crippen LogP contribution in [0.25, 0.3) is 0 Å². The van der Waals surface area contributed by atoms with E-state index in [0.717, 1.165) is 0 Å². The number of hydrogen-bond acceptors (Lipinski definition) is 3. The van der Waals surface area contributed by atoms with Gasteiger partial charge in [-0.05, 0) is 5.11 Å². The summed E-state index contributed by atoms with van der Waals surface area (Å²) in [5, 5.41) is 20.4. The highest BCUT2D eigenvalue weighted by Gasteiger charge is 1.70. The Labute approximate surface area is 35.3 Å². The molecule has 0 heterocycles. The molecule has 0 aromatic rings. The Bertz CT molecular complexity index is 56.6. The third kappa shape index (κ3) is 3.36. The number of rotatable bonds is 1. The smallest absolute Gasteiger partial charge is 0.198 e. The summed E-state index contributed by atoms with van der Waals surface area (Å²) in [5.41, 5.74) is 0. The number of aliphatic hydroxyl groups excluding tert-OH is 1. The molecule has 6 heavy (non-hydrogen) atoms. The summed E-state index contributed by atoms with van der Waals surface area (Å²) in [6.45, 7) is -0.431. The second-order valence-corrected chi connectivity index (χ2v) is 0.747. The molecule has 0 radical (unpaired) electrons. The summed E-state index contributed by atoms with van der Waals surface area (Å²) in [6, 6.07) is 0. The molecule has 0 saturated carbocycles. The largest absolute Gasteiger partial charge is 0.600 e. The number of aliphatic hydroxyl groups is 1. The van der Waals surface area contributed by atoms with Crippen molar-refractivity contribution in [2.45, 2.75) is 0 Å². The number of azo groups is 1. The topological polar surface area (TPSA) is 58.7 Å². The second kappa shape index (κ2) is 2.59. The van der Waals surface area contributed by atoms with Gasteiger partial charge in [0.15, 0.2) is 13.8 Å². The molecule has 1 N–H and O–H groups in total. The lowest BCUT2D eigenvalue weighted by molar-refractivity contribution is -0.502. The fourth-order valence-electron chi connectivity index (χ4n) is 0.0891. The summed E-state index contributed by atoms with van der Waals surface area (Å²) in [6.07, 6.45) is 0. The maximum absolute atomic E-state index is 9.63. The minimum absolute atomic E-state index is 0.306. The number of hydrogen-bond donors (Lipinski definition) is 1. The van der Waals surface area contributed by atoms with Crippen molar-refractivity contribution >= 4 is 0 Å². The van der Waals surface area contributed by atoms with Gasteiger partial charge in [0, 0.05) is 0 Å². The SMILES string of the molecule is C[N+]([O-])=NCO. The lowest BCUT2D eigenvalue weighted by Crippen LogP contribution is -1.89. The molecule has 0 amide bonds. The van der Waals surface area contributed by atoms with Gasteiger partial charge in [0.1, 0.15) is 0 Å². The molecule has 0 aliphatic carbocycles. The predicted octanol–water partition coefficient (Wildman–Crippen LogP) is -0.472. The average Bonchev–Trinajstić information content (AvgIpc) is 1.35. The zero-order valence-corrected chi connectivity index (χ0v) is 3.46. The Morgan fingerprint density at radius 3 is 2.50 bits per heavy atom. The van der Waals surface area contributed by atoms with E-state index >= 15 is 0 Å². The second-order valence-electron chi connectivity index (χ2n) is 0.747. The van der Waals surface area contributed by atoms with Crippen LogP contribution in [-0.4, -0.2) is 23.7 Å². The van der Waals surface area contributed by atoms with Crippen molar-refractivity contribution < 1.29 is 9.97 Å². The summed E-state index contributed by atoms with van der Waals surface area (Å²) in [4.78, 5) is 0.306. The minimum Gasteiger partial charge on any atom is -0.600 e. The van der Waals surface area contributed by atoms with Crippen LogP contribution in [0, 0.1) is 5.21 Å². The predicted molar refractivity (Wildman–Crippen MR) is 19.1 cm³/mol. The molecular weight excluding hydrogens is 84.0 g/mol. The fourth-order valence-corrected chi connectivity index (χ4v) is 0.0891. The highest BCUT2D eigenvalue weighted by atomic mass is 16.5. The normalized spacial score (nSPS) is 12.0. The van der Waals surface area contributed by atoms with Crippen molar-refractivity contribution in [2.24, 2.45) is 5.11 Å². The van der Waals surface area contributed by atoms with Crippen LogP contribution in [-0.2, 0) is 0 Å². The van der Waals surface area contributed by atoms with Gasteiger partial charge in [-0.25, -0.2) is 0 Å². The Hall–Kier alpha value is -0.640. The molecule has 0 aliphatic rings. The molecule has 0 aliphatic heterocycles. The molecule has 0 aromatic carbocycles. The van der Waals surface area contributed by atoms with Gasteiger partial charge in [0.2, 0.25) is 0 Å². The molecule has 0 saturated heterocycles. The van der Waals surface area contributed by atoms with Gasteiger partial charge >= 0.3 is 0 Å². The summed E-state index contributed by atoms with van der Waals surface area (Å²) in [7, 11) is 1.20. The first kappa shape index (κ1) is 5.36. The van der Waals surface area contributed by atoms with Crippen LogP contribution in [0.5, 0.6) is 0 Å². The monoisotopic (exact) mass is 90.0 g/mol. The Kier molecular flexibility index (Phi) is 2.31. The Morgan fingerprint density at radius 2 is 2.50 bits per heavy atom. The highest BCUT2D eigenvalue weighted by molar-refractivity contribution is 3.97. The van der Waals surface area contributed by atoms with Crippen molar-refractivity contribution in [3.63, 3.8) is 0 Å². The summed E-state index contributed by atoms with van der Waals surface area (Å²) >= 11 is 0. The molecule has 4 nitrogen and oxygen atoms in total. The molecule has 4 heteroatoms. The molecular formula is C2H6N2O2. The minimum atomic E-state index is -0.431.